The lowest BCUT2D eigenvalue weighted by atomic mass is 9.98. The molecule has 0 aliphatic carbocycles. The number of aryl methyl sites for hydroxylation is 1. The summed E-state index contributed by atoms with van der Waals surface area (Å²) in [5, 5.41) is 6.90. The number of nitrogens with zero attached hydrogens (tertiary/aromatic N) is 1. The molecule has 0 fully saturated rings. The van der Waals surface area contributed by atoms with Crippen LogP contribution in [0.5, 0.6) is 0 Å². The standard InChI is InChI=1S/C17H24N2S/c1-5-10-18-17(16-11-20-13(4)19-16)15-8-6-14(7-9-15)12(2)3/h6-9,11-12,17-18H,5,10H2,1-4H3. The third-order valence-electron chi connectivity index (χ3n) is 3.47. The zero-order chi connectivity index (χ0) is 14.5. The zero-order valence-electron chi connectivity index (χ0n) is 12.8. The van der Waals surface area contributed by atoms with Crippen molar-refractivity contribution in [3.8, 4) is 0 Å². The first kappa shape index (κ1) is 15.2. The van der Waals surface area contributed by atoms with Crippen LogP contribution in [0.1, 0.15) is 61.0 Å². The first-order chi connectivity index (χ1) is 9.61. The number of hydrogen-bond donors (Lipinski definition) is 1. The van der Waals surface area contributed by atoms with Crippen LogP contribution in [0, 0.1) is 6.92 Å². The summed E-state index contributed by atoms with van der Waals surface area (Å²) < 4.78 is 0. The molecule has 0 radical (unpaired) electrons. The summed E-state index contributed by atoms with van der Waals surface area (Å²) in [6.07, 6.45) is 1.13. The van der Waals surface area contributed by atoms with E-state index in [1.165, 1.54) is 11.1 Å². The predicted octanol–water partition coefficient (Wildman–Crippen LogP) is 4.66. The Hall–Kier alpha value is -1.19. The Bertz CT molecular complexity index is 528. The highest BCUT2D eigenvalue weighted by Gasteiger charge is 2.16. The van der Waals surface area contributed by atoms with Gasteiger partial charge in [0.15, 0.2) is 0 Å². The number of aromatic nitrogens is 1. The Balaban J connectivity index is 2.26. The molecule has 0 aliphatic rings. The van der Waals surface area contributed by atoms with Gasteiger partial charge in [-0.15, -0.1) is 11.3 Å². The molecule has 1 heterocycles. The van der Waals surface area contributed by atoms with Crippen LogP contribution in [-0.2, 0) is 0 Å². The van der Waals surface area contributed by atoms with Crippen molar-refractivity contribution in [2.24, 2.45) is 0 Å². The molecule has 1 aromatic carbocycles. The fraction of sp³-hybridized carbons (Fsp3) is 0.471. The summed E-state index contributed by atoms with van der Waals surface area (Å²) in [5.74, 6) is 0.576. The molecular weight excluding hydrogens is 264 g/mol. The highest BCUT2D eigenvalue weighted by atomic mass is 32.1. The van der Waals surface area contributed by atoms with E-state index in [9.17, 15) is 0 Å². The number of rotatable bonds is 6. The SMILES string of the molecule is CCCNC(c1ccc(C(C)C)cc1)c1csc(C)n1. The van der Waals surface area contributed by atoms with Crippen molar-refractivity contribution in [3.63, 3.8) is 0 Å². The molecular formula is C17H24N2S. The van der Waals surface area contributed by atoms with Crippen LogP contribution >= 0.6 is 11.3 Å². The monoisotopic (exact) mass is 288 g/mol. The van der Waals surface area contributed by atoms with Crippen LogP contribution in [0.15, 0.2) is 29.6 Å². The summed E-state index contributed by atoms with van der Waals surface area (Å²) in [7, 11) is 0. The van der Waals surface area contributed by atoms with Gasteiger partial charge in [-0.2, -0.15) is 0 Å². The highest BCUT2D eigenvalue weighted by Crippen LogP contribution is 2.25. The Morgan fingerprint density at radius 1 is 1.15 bits per heavy atom. The van der Waals surface area contributed by atoms with Crippen LogP contribution < -0.4 is 5.32 Å². The van der Waals surface area contributed by atoms with Gasteiger partial charge in [0.2, 0.25) is 0 Å². The van der Waals surface area contributed by atoms with E-state index in [1.807, 2.05) is 0 Å². The second kappa shape index (κ2) is 7.00. The lowest BCUT2D eigenvalue weighted by molar-refractivity contribution is 0.588. The van der Waals surface area contributed by atoms with Gasteiger partial charge >= 0.3 is 0 Å². The van der Waals surface area contributed by atoms with Gasteiger partial charge in [0.1, 0.15) is 0 Å². The van der Waals surface area contributed by atoms with E-state index in [0.717, 1.165) is 23.7 Å². The third kappa shape index (κ3) is 3.68. The van der Waals surface area contributed by atoms with Crippen molar-refractivity contribution >= 4 is 11.3 Å². The average molecular weight is 288 g/mol. The maximum atomic E-state index is 4.65. The smallest absolute Gasteiger partial charge is 0.0898 e. The molecule has 2 rings (SSSR count). The Labute approximate surface area is 126 Å². The Morgan fingerprint density at radius 2 is 1.80 bits per heavy atom. The summed E-state index contributed by atoms with van der Waals surface area (Å²) in [4.78, 5) is 4.65. The quantitative estimate of drug-likeness (QED) is 0.836. The molecule has 108 valence electrons. The normalized spacial score (nSPS) is 12.8. The van der Waals surface area contributed by atoms with Crippen molar-refractivity contribution in [1.29, 1.82) is 0 Å². The fourth-order valence-corrected chi connectivity index (χ4v) is 2.91. The van der Waals surface area contributed by atoms with E-state index >= 15 is 0 Å². The number of nitrogens with one attached hydrogen (secondary N) is 1. The van der Waals surface area contributed by atoms with Crippen LogP contribution in [0.2, 0.25) is 0 Å². The molecule has 0 aliphatic heterocycles. The summed E-state index contributed by atoms with van der Waals surface area (Å²) >= 11 is 1.72. The van der Waals surface area contributed by atoms with E-state index in [-0.39, 0.29) is 6.04 Å². The molecule has 0 bridgehead atoms. The topological polar surface area (TPSA) is 24.9 Å². The van der Waals surface area contributed by atoms with Crippen molar-refractivity contribution in [2.75, 3.05) is 6.54 Å². The molecule has 0 saturated heterocycles. The minimum atomic E-state index is 0.209. The van der Waals surface area contributed by atoms with E-state index in [0.29, 0.717) is 5.92 Å². The van der Waals surface area contributed by atoms with Crippen molar-refractivity contribution in [2.45, 2.75) is 46.1 Å². The number of thiazole rings is 1. The first-order valence-corrected chi connectivity index (χ1v) is 8.25. The predicted molar refractivity (Wildman–Crippen MR) is 87.5 cm³/mol. The molecule has 2 aromatic rings. The van der Waals surface area contributed by atoms with Gasteiger partial charge in [-0.25, -0.2) is 4.98 Å². The molecule has 1 atom stereocenters. The summed E-state index contributed by atoms with van der Waals surface area (Å²) in [5.41, 5.74) is 3.82. The maximum Gasteiger partial charge on any atom is 0.0898 e. The molecule has 1 aromatic heterocycles. The lowest BCUT2D eigenvalue weighted by Gasteiger charge is -2.18. The van der Waals surface area contributed by atoms with Crippen LogP contribution in [-0.4, -0.2) is 11.5 Å². The summed E-state index contributed by atoms with van der Waals surface area (Å²) in [6, 6.07) is 9.15. The van der Waals surface area contributed by atoms with Crippen LogP contribution in [0.25, 0.3) is 0 Å². The molecule has 0 spiro atoms. The molecule has 1 unspecified atom stereocenters. The lowest BCUT2D eigenvalue weighted by Crippen LogP contribution is -2.23. The minimum absolute atomic E-state index is 0.209. The molecule has 0 saturated carbocycles. The van der Waals surface area contributed by atoms with E-state index in [4.69, 9.17) is 0 Å². The zero-order valence-corrected chi connectivity index (χ0v) is 13.6. The second-order valence-corrected chi connectivity index (χ2v) is 6.56. The van der Waals surface area contributed by atoms with Gasteiger partial charge in [-0.1, -0.05) is 45.0 Å². The molecule has 3 heteroatoms. The fourth-order valence-electron chi connectivity index (χ4n) is 2.27. The van der Waals surface area contributed by atoms with Gasteiger partial charge in [0, 0.05) is 5.38 Å². The number of benzene rings is 1. The Kier molecular flexibility index (Phi) is 5.32. The summed E-state index contributed by atoms with van der Waals surface area (Å²) in [6.45, 7) is 9.72. The molecule has 0 amide bonds. The average Bonchev–Trinajstić information content (AvgIpc) is 2.86. The van der Waals surface area contributed by atoms with Gasteiger partial charge in [-0.05, 0) is 36.9 Å². The first-order valence-electron chi connectivity index (χ1n) is 7.37. The maximum absolute atomic E-state index is 4.65. The highest BCUT2D eigenvalue weighted by molar-refractivity contribution is 7.09. The Morgan fingerprint density at radius 3 is 2.30 bits per heavy atom. The van der Waals surface area contributed by atoms with Gasteiger partial charge < -0.3 is 5.32 Å². The molecule has 20 heavy (non-hydrogen) atoms. The van der Waals surface area contributed by atoms with E-state index < -0.39 is 0 Å². The minimum Gasteiger partial charge on any atom is -0.305 e. The van der Waals surface area contributed by atoms with Crippen LogP contribution in [0.3, 0.4) is 0 Å². The molecule has 2 nitrogen and oxygen atoms in total. The van der Waals surface area contributed by atoms with Gasteiger partial charge in [0.05, 0.1) is 16.7 Å². The van der Waals surface area contributed by atoms with Gasteiger partial charge in [0.25, 0.3) is 0 Å². The largest absolute Gasteiger partial charge is 0.305 e. The van der Waals surface area contributed by atoms with Crippen molar-refractivity contribution < 1.29 is 0 Å². The second-order valence-electron chi connectivity index (χ2n) is 5.50. The van der Waals surface area contributed by atoms with E-state index in [2.05, 4.69) is 67.6 Å². The van der Waals surface area contributed by atoms with Gasteiger partial charge in [-0.3, -0.25) is 0 Å². The van der Waals surface area contributed by atoms with Crippen LogP contribution in [0.4, 0.5) is 0 Å². The number of hydrogen-bond acceptors (Lipinski definition) is 3. The van der Waals surface area contributed by atoms with E-state index in [1.54, 1.807) is 11.3 Å². The van der Waals surface area contributed by atoms with Crippen molar-refractivity contribution in [3.05, 3.63) is 51.5 Å². The van der Waals surface area contributed by atoms with Crippen molar-refractivity contribution in [1.82, 2.24) is 10.3 Å². The molecule has 1 N–H and O–H groups in total. The third-order valence-corrected chi connectivity index (χ3v) is 4.26.